The highest BCUT2D eigenvalue weighted by Crippen LogP contribution is 2.10. The molecule has 0 spiro atoms. The molecule has 1 rings (SSSR count). The minimum Gasteiger partial charge on any atom is -0.612 e. The van der Waals surface area contributed by atoms with Crippen LogP contribution in [0.3, 0.4) is 0 Å². The van der Waals surface area contributed by atoms with Crippen molar-refractivity contribution < 1.29 is 19.2 Å². The third-order valence-electron chi connectivity index (χ3n) is 1.62. The molecule has 0 bridgehead atoms. The molecule has 0 radical (unpaired) electrons. The first-order valence-corrected chi connectivity index (χ1v) is 5.43. The Bertz CT molecular complexity index is 307. The monoisotopic (exact) mass is 214 g/mol. The van der Waals surface area contributed by atoms with E-state index in [4.69, 9.17) is 5.11 Å². The zero-order valence-corrected chi connectivity index (χ0v) is 8.41. The van der Waals surface area contributed by atoms with Crippen LogP contribution in [0, 0.1) is 0 Å². The molecule has 0 aliphatic carbocycles. The van der Waals surface area contributed by atoms with Gasteiger partial charge in [0.05, 0.1) is 0 Å². The van der Waals surface area contributed by atoms with Crippen LogP contribution in [0.25, 0.3) is 0 Å². The van der Waals surface area contributed by atoms with Gasteiger partial charge in [0, 0.05) is 0 Å². The molecule has 0 aliphatic heterocycles. The van der Waals surface area contributed by atoms with E-state index in [1.54, 1.807) is 30.5 Å². The van der Waals surface area contributed by atoms with E-state index in [1.807, 2.05) is 0 Å². The van der Waals surface area contributed by atoms with Crippen molar-refractivity contribution in [1.82, 2.24) is 0 Å². The molecule has 0 fully saturated rings. The Morgan fingerprint density at radius 1 is 1.50 bits per heavy atom. The molecule has 0 saturated carbocycles. The number of carboxylic acid groups (broad SMARTS) is 1. The van der Waals surface area contributed by atoms with Crippen LogP contribution in [-0.2, 0) is 22.5 Å². The van der Waals surface area contributed by atoms with E-state index in [0.29, 0.717) is 4.90 Å². The van der Waals surface area contributed by atoms with E-state index in [2.05, 4.69) is 4.74 Å². The van der Waals surface area contributed by atoms with Crippen LogP contribution in [0.1, 0.15) is 5.56 Å². The average molecular weight is 214 g/mol. The molecule has 4 nitrogen and oxygen atoms in total. The predicted octanol–water partition coefficient (Wildman–Crippen LogP) is 1.62. The Kier molecular flexibility index (Phi) is 3.79. The highest BCUT2D eigenvalue weighted by Gasteiger charge is 2.04. The van der Waals surface area contributed by atoms with E-state index in [1.165, 1.54) is 0 Å². The van der Waals surface area contributed by atoms with Crippen LogP contribution in [0.4, 0.5) is 4.79 Å². The Hall–Kier alpha value is -1.20. The van der Waals surface area contributed by atoms with Crippen molar-refractivity contribution in [2.24, 2.45) is 0 Å². The fourth-order valence-electron chi connectivity index (χ4n) is 0.922. The minimum atomic E-state index is -1.30. The SMILES string of the molecule is C[S+]([O-])c1ccc(COC(=O)O)cc1. The molecule has 1 aromatic rings. The molecule has 1 N–H and O–H groups in total. The van der Waals surface area contributed by atoms with Gasteiger partial charge in [0.1, 0.15) is 12.9 Å². The lowest BCUT2D eigenvalue weighted by atomic mass is 10.2. The van der Waals surface area contributed by atoms with Gasteiger partial charge in [0.25, 0.3) is 0 Å². The maximum atomic E-state index is 11.0. The number of carbonyl (C=O) groups is 1. The second-order valence-electron chi connectivity index (χ2n) is 2.65. The van der Waals surface area contributed by atoms with Gasteiger partial charge in [0.15, 0.2) is 4.90 Å². The van der Waals surface area contributed by atoms with Crippen LogP contribution >= 0.6 is 0 Å². The summed E-state index contributed by atoms with van der Waals surface area (Å²) in [5.41, 5.74) is 0.738. The van der Waals surface area contributed by atoms with Crippen LogP contribution in [0.2, 0.25) is 0 Å². The van der Waals surface area contributed by atoms with Gasteiger partial charge in [-0.15, -0.1) is 0 Å². The molecule has 76 valence electrons. The van der Waals surface area contributed by atoms with Crippen molar-refractivity contribution >= 4 is 17.3 Å². The predicted molar refractivity (Wildman–Crippen MR) is 51.6 cm³/mol. The summed E-state index contributed by atoms with van der Waals surface area (Å²) in [6.45, 7) is 0.0198. The topological polar surface area (TPSA) is 69.6 Å². The summed E-state index contributed by atoms with van der Waals surface area (Å²) in [6.07, 6.45) is 0.288. The van der Waals surface area contributed by atoms with Gasteiger partial charge in [-0.1, -0.05) is 12.1 Å². The van der Waals surface area contributed by atoms with Gasteiger partial charge in [-0.05, 0) is 28.9 Å². The van der Waals surface area contributed by atoms with Crippen LogP contribution in [-0.4, -0.2) is 22.1 Å². The summed E-state index contributed by atoms with van der Waals surface area (Å²) in [4.78, 5) is 10.8. The molecule has 14 heavy (non-hydrogen) atoms. The second kappa shape index (κ2) is 4.88. The van der Waals surface area contributed by atoms with Crippen molar-refractivity contribution in [2.75, 3.05) is 6.26 Å². The number of hydrogen-bond donors (Lipinski definition) is 1. The van der Waals surface area contributed by atoms with Crippen molar-refractivity contribution in [3.63, 3.8) is 0 Å². The maximum absolute atomic E-state index is 11.0. The van der Waals surface area contributed by atoms with Crippen LogP contribution in [0.5, 0.6) is 0 Å². The zero-order chi connectivity index (χ0) is 10.6. The quantitative estimate of drug-likeness (QED) is 0.613. The Balaban J connectivity index is 2.59. The standard InChI is InChI=1S/C9H10O4S/c1-14(12)8-4-2-7(3-5-8)6-13-9(10)11/h2-5H,6H2,1H3,(H,10,11). The van der Waals surface area contributed by atoms with Crippen LogP contribution < -0.4 is 0 Å². The molecule has 0 aliphatic rings. The lowest BCUT2D eigenvalue weighted by molar-refractivity contribution is 0.0853. The molecule has 1 unspecified atom stereocenters. The average Bonchev–Trinajstić information content (AvgIpc) is 2.15. The fraction of sp³-hybridized carbons (Fsp3) is 0.222. The largest absolute Gasteiger partial charge is 0.612 e. The molecule has 5 heteroatoms. The summed E-state index contributed by atoms with van der Waals surface area (Å²) >= 11 is -1.01. The first kappa shape index (κ1) is 10.9. The first-order valence-electron chi connectivity index (χ1n) is 3.87. The first-order chi connectivity index (χ1) is 6.59. The number of benzene rings is 1. The smallest absolute Gasteiger partial charge is 0.506 e. The molecule has 0 saturated heterocycles. The Morgan fingerprint density at radius 3 is 2.50 bits per heavy atom. The van der Waals surface area contributed by atoms with Gasteiger partial charge in [-0.3, -0.25) is 0 Å². The number of ether oxygens (including phenoxy) is 1. The van der Waals surface area contributed by atoms with E-state index in [9.17, 15) is 9.35 Å². The Labute approximate surface area is 84.7 Å². The third-order valence-corrected chi connectivity index (χ3v) is 2.55. The van der Waals surface area contributed by atoms with E-state index >= 15 is 0 Å². The van der Waals surface area contributed by atoms with Crippen molar-refractivity contribution in [2.45, 2.75) is 11.5 Å². The highest BCUT2D eigenvalue weighted by molar-refractivity contribution is 7.90. The molecule has 1 aromatic carbocycles. The van der Waals surface area contributed by atoms with Crippen molar-refractivity contribution in [1.29, 1.82) is 0 Å². The third kappa shape index (κ3) is 3.27. The number of hydrogen-bond acceptors (Lipinski definition) is 3. The van der Waals surface area contributed by atoms with Crippen molar-refractivity contribution in [3.8, 4) is 0 Å². The van der Waals surface area contributed by atoms with E-state index < -0.39 is 17.3 Å². The molecular formula is C9H10O4S. The number of rotatable bonds is 3. The van der Waals surface area contributed by atoms with Gasteiger partial charge < -0.3 is 14.4 Å². The summed E-state index contributed by atoms with van der Waals surface area (Å²) in [6, 6.07) is 6.77. The molecule has 1 atom stereocenters. The van der Waals surface area contributed by atoms with Crippen molar-refractivity contribution in [3.05, 3.63) is 29.8 Å². The van der Waals surface area contributed by atoms with Gasteiger partial charge in [-0.2, -0.15) is 0 Å². The van der Waals surface area contributed by atoms with E-state index in [-0.39, 0.29) is 6.61 Å². The minimum absolute atomic E-state index is 0.0198. The molecular weight excluding hydrogens is 204 g/mol. The molecule has 0 amide bonds. The summed E-state index contributed by atoms with van der Waals surface area (Å²) in [5, 5.41) is 8.25. The summed E-state index contributed by atoms with van der Waals surface area (Å²) in [7, 11) is 0. The zero-order valence-electron chi connectivity index (χ0n) is 7.60. The lowest BCUT2D eigenvalue weighted by Gasteiger charge is -2.05. The normalized spacial score (nSPS) is 12.1. The highest BCUT2D eigenvalue weighted by atomic mass is 32.2. The van der Waals surface area contributed by atoms with Gasteiger partial charge in [-0.25, -0.2) is 4.79 Å². The summed E-state index contributed by atoms with van der Waals surface area (Å²) in [5.74, 6) is 0. The molecule has 0 aromatic heterocycles. The lowest BCUT2D eigenvalue weighted by Crippen LogP contribution is -2.01. The Morgan fingerprint density at radius 2 is 2.07 bits per heavy atom. The van der Waals surface area contributed by atoms with E-state index in [0.717, 1.165) is 5.56 Å². The van der Waals surface area contributed by atoms with Crippen LogP contribution in [0.15, 0.2) is 29.2 Å². The van der Waals surface area contributed by atoms with Gasteiger partial charge in [0.2, 0.25) is 0 Å². The molecule has 0 heterocycles. The maximum Gasteiger partial charge on any atom is 0.506 e. The second-order valence-corrected chi connectivity index (χ2v) is 4.03. The van der Waals surface area contributed by atoms with Gasteiger partial charge >= 0.3 is 6.16 Å². The fourth-order valence-corrected chi connectivity index (χ4v) is 1.44. The summed E-state index contributed by atoms with van der Waals surface area (Å²) < 4.78 is 15.4.